The molecule has 0 saturated carbocycles. The van der Waals surface area contributed by atoms with Crippen molar-refractivity contribution >= 4 is 11.9 Å². The lowest BCUT2D eigenvalue weighted by Crippen LogP contribution is -2.38. The summed E-state index contributed by atoms with van der Waals surface area (Å²) >= 11 is 0. The lowest BCUT2D eigenvalue weighted by molar-refractivity contribution is -0.145. The number of carbonyl (C=O) groups excluding carboxylic acids is 1. The zero-order chi connectivity index (χ0) is 13.1. The number of rotatable bonds is 3. The molecule has 1 N–H and O–H groups in total. The molecule has 0 saturated heterocycles. The summed E-state index contributed by atoms with van der Waals surface area (Å²) in [6.07, 6.45) is 2.42. The number of carboxylic acids is 1. The molecular formula is C14H17NO3. The molecule has 0 aliphatic heterocycles. The maximum absolute atomic E-state index is 12.1. The van der Waals surface area contributed by atoms with Crippen LogP contribution in [0.15, 0.2) is 24.3 Å². The zero-order valence-corrected chi connectivity index (χ0v) is 10.4. The fourth-order valence-electron chi connectivity index (χ4n) is 2.50. The second-order valence-corrected chi connectivity index (χ2v) is 4.80. The predicted octanol–water partition coefficient (Wildman–Crippen LogP) is 1.33. The highest BCUT2D eigenvalue weighted by atomic mass is 16.4. The molecule has 4 nitrogen and oxygen atoms in total. The quantitative estimate of drug-likeness (QED) is 0.876. The van der Waals surface area contributed by atoms with Crippen LogP contribution in [-0.4, -0.2) is 35.5 Å². The molecule has 2 rings (SSSR count). The molecule has 1 unspecified atom stereocenters. The van der Waals surface area contributed by atoms with E-state index >= 15 is 0 Å². The first-order valence-corrected chi connectivity index (χ1v) is 6.11. The standard InChI is InChI=1S/C14H17NO3/c1-15(9-13(16)17)14(18)12-7-6-10-4-2-3-5-11(10)8-12/h2-5,12H,6-9H2,1H3,(H,16,17). The summed E-state index contributed by atoms with van der Waals surface area (Å²) in [6, 6.07) is 8.13. The molecular weight excluding hydrogens is 230 g/mol. The van der Waals surface area contributed by atoms with Crippen molar-refractivity contribution in [3.63, 3.8) is 0 Å². The van der Waals surface area contributed by atoms with Gasteiger partial charge in [-0.2, -0.15) is 0 Å². The van der Waals surface area contributed by atoms with Gasteiger partial charge in [0.15, 0.2) is 0 Å². The smallest absolute Gasteiger partial charge is 0.323 e. The summed E-state index contributed by atoms with van der Waals surface area (Å²) in [7, 11) is 1.55. The summed E-state index contributed by atoms with van der Waals surface area (Å²) in [4.78, 5) is 24.0. The van der Waals surface area contributed by atoms with Crippen LogP contribution in [0.1, 0.15) is 17.5 Å². The minimum absolute atomic E-state index is 0.0631. The van der Waals surface area contributed by atoms with Gasteiger partial charge in [-0.1, -0.05) is 24.3 Å². The minimum atomic E-state index is -0.970. The highest BCUT2D eigenvalue weighted by Gasteiger charge is 2.27. The minimum Gasteiger partial charge on any atom is -0.480 e. The summed E-state index contributed by atoms with van der Waals surface area (Å²) in [5, 5.41) is 8.70. The Bertz CT molecular complexity index is 470. The monoisotopic (exact) mass is 247 g/mol. The highest BCUT2D eigenvalue weighted by molar-refractivity contribution is 5.83. The van der Waals surface area contributed by atoms with Gasteiger partial charge in [-0.3, -0.25) is 9.59 Å². The number of aliphatic carboxylic acids is 1. The molecule has 0 heterocycles. The van der Waals surface area contributed by atoms with Gasteiger partial charge < -0.3 is 10.0 Å². The molecule has 1 aliphatic rings. The van der Waals surface area contributed by atoms with E-state index < -0.39 is 5.97 Å². The Morgan fingerprint density at radius 3 is 2.67 bits per heavy atom. The lowest BCUT2D eigenvalue weighted by Gasteiger charge is -2.27. The first-order valence-electron chi connectivity index (χ1n) is 6.11. The number of hydrogen-bond acceptors (Lipinski definition) is 2. The average Bonchev–Trinajstić information content (AvgIpc) is 2.36. The van der Waals surface area contributed by atoms with Crippen molar-refractivity contribution in [3.8, 4) is 0 Å². The van der Waals surface area contributed by atoms with Gasteiger partial charge in [0.1, 0.15) is 6.54 Å². The molecule has 1 amide bonds. The van der Waals surface area contributed by atoms with Gasteiger partial charge in [-0.05, 0) is 30.4 Å². The molecule has 18 heavy (non-hydrogen) atoms. The van der Waals surface area contributed by atoms with Gasteiger partial charge in [0, 0.05) is 13.0 Å². The predicted molar refractivity (Wildman–Crippen MR) is 67.2 cm³/mol. The van der Waals surface area contributed by atoms with Crippen LogP contribution in [0.3, 0.4) is 0 Å². The molecule has 0 fully saturated rings. The highest BCUT2D eigenvalue weighted by Crippen LogP contribution is 2.26. The van der Waals surface area contributed by atoms with Gasteiger partial charge in [0.05, 0.1) is 0 Å². The van der Waals surface area contributed by atoms with E-state index in [2.05, 4.69) is 6.07 Å². The SMILES string of the molecule is CN(CC(=O)O)C(=O)C1CCc2ccccc2C1. The normalized spacial score (nSPS) is 17.9. The van der Waals surface area contributed by atoms with E-state index in [1.165, 1.54) is 16.0 Å². The molecule has 1 aromatic carbocycles. The van der Waals surface area contributed by atoms with Crippen LogP contribution in [0.4, 0.5) is 0 Å². The maximum atomic E-state index is 12.1. The number of hydrogen-bond donors (Lipinski definition) is 1. The average molecular weight is 247 g/mol. The van der Waals surface area contributed by atoms with Crippen LogP contribution < -0.4 is 0 Å². The van der Waals surface area contributed by atoms with E-state index in [9.17, 15) is 9.59 Å². The third-order valence-electron chi connectivity index (χ3n) is 3.44. The van der Waals surface area contributed by atoms with Gasteiger partial charge >= 0.3 is 5.97 Å². The molecule has 0 spiro atoms. The number of carboxylic acid groups (broad SMARTS) is 1. The van der Waals surface area contributed by atoms with Crippen molar-refractivity contribution in [2.45, 2.75) is 19.3 Å². The van der Waals surface area contributed by atoms with Crippen molar-refractivity contribution < 1.29 is 14.7 Å². The van der Waals surface area contributed by atoms with Crippen LogP contribution in [0.5, 0.6) is 0 Å². The van der Waals surface area contributed by atoms with Crippen molar-refractivity contribution in [1.29, 1.82) is 0 Å². The Morgan fingerprint density at radius 1 is 1.33 bits per heavy atom. The number of benzene rings is 1. The first kappa shape index (κ1) is 12.6. The van der Waals surface area contributed by atoms with Gasteiger partial charge in [-0.15, -0.1) is 0 Å². The van der Waals surface area contributed by atoms with Crippen molar-refractivity contribution in [2.24, 2.45) is 5.92 Å². The Labute approximate surface area is 106 Å². The second-order valence-electron chi connectivity index (χ2n) is 4.80. The maximum Gasteiger partial charge on any atom is 0.323 e. The summed E-state index contributed by atoms with van der Waals surface area (Å²) < 4.78 is 0. The molecule has 0 bridgehead atoms. The van der Waals surface area contributed by atoms with E-state index in [1.807, 2.05) is 18.2 Å². The Kier molecular flexibility index (Phi) is 3.65. The molecule has 96 valence electrons. The summed E-state index contributed by atoms with van der Waals surface area (Å²) in [6.45, 7) is -0.225. The van der Waals surface area contributed by atoms with E-state index in [4.69, 9.17) is 5.11 Å². The van der Waals surface area contributed by atoms with E-state index in [1.54, 1.807) is 7.05 Å². The summed E-state index contributed by atoms with van der Waals surface area (Å²) in [5.74, 6) is -1.11. The largest absolute Gasteiger partial charge is 0.480 e. The van der Waals surface area contributed by atoms with E-state index in [0.717, 1.165) is 19.3 Å². The fraction of sp³-hybridized carbons (Fsp3) is 0.429. The van der Waals surface area contributed by atoms with Crippen LogP contribution in [-0.2, 0) is 22.4 Å². The molecule has 1 atom stereocenters. The Hall–Kier alpha value is -1.84. The van der Waals surface area contributed by atoms with Gasteiger partial charge in [0.2, 0.25) is 5.91 Å². The lowest BCUT2D eigenvalue weighted by atomic mass is 9.83. The fourth-order valence-corrected chi connectivity index (χ4v) is 2.50. The zero-order valence-electron chi connectivity index (χ0n) is 10.4. The second kappa shape index (κ2) is 5.21. The van der Waals surface area contributed by atoms with Crippen LogP contribution in [0.2, 0.25) is 0 Å². The molecule has 0 aromatic heterocycles. The molecule has 4 heteroatoms. The van der Waals surface area contributed by atoms with Crippen molar-refractivity contribution in [1.82, 2.24) is 4.90 Å². The number of amides is 1. The molecule has 0 radical (unpaired) electrons. The van der Waals surface area contributed by atoms with Gasteiger partial charge in [-0.25, -0.2) is 0 Å². The Morgan fingerprint density at radius 2 is 2.00 bits per heavy atom. The van der Waals surface area contributed by atoms with Crippen LogP contribution in [0, 0.1) is 5.92 Å². The van der Waals surface area contributed by atoms with E-state index in [-0.39, 0.29) is 18.4 Å². The molecule has 1 aliphatic carbocycles. The number of aryl methyl sites for hydroxylation is 1. The first-order chi connectivity index (χ1) is 8.58. The Balaban J connectivity index is 2.04. The van der Waals surface area contributed by atoms with Crippen LogP contribution >= 0.6 is 0 Å². The topological polar surface area (TPSA) is 57.6 Å². The molecule has 1 aromatic rings. The number of carbonyl (C=O) groups is 2. The van der Waals surface area contributed by atoms with Gasteiger partial charge in [0.25, 0.3) is 0 Å². The number of likely N-dealkylation sites (N-methyl/N-ethyl adjacent to an activating group) is 1. The third kappa shape index (κ3) is 2.70. The van der Waals surface area contributed by atoms with Crippen molar-refractivity contribution in [3.05, 3.63) is 35.4 Å². The van der Waals surface area contributed by atoms with E-state index in [0.29, 0.717) is 0 Å². The van der Waals surface area contributed by atoms with Crippen LogP contribution in [0.25, 0.3) is 0 Å². The van der Waals surface area contributed by atoms with Crippen molar-refractivity contribution in [2.75, 3.05) is 13.6 Å². The number of fused-ring (bicyclic) bond motifs is 1. The number of nitrogens with zero attached hydrogens (tertiary/aromatic N) is 1. The summed E-state index contributed by atoms with van der Waals surface area (Å²) in [5.41, 5.74) is 2.52. The third-order valence-corrected chi connectivity index (χ3v) is 3.44.